The number of hydrogen-bond acceptors (Lipinski definition) is 4. The van der Waals surface area contributed by atoms with E-state index < -0.39 is 4.92 Å². The molecule has 0 atom stereocenters. The number of nitrogen functional groups attached to an aromatic ring is 1. The van der Waals surface area contributed by atoms with Crippen LogP contribution in [0.15, 0.2) is 18.2 Å². The van der Waals surface area contributed by atoms with Crippen molar-refractivity contribution in [2.45, 2.75) is 19.8 Å². The van der Waals surface area contributed by atoms with Crippen molar-refractivity contribution in [3.8, 4) is 0 Å². The third-order valence-corrected chi connectivity index (χ3v) is 3.35. The van der Waals surface area contributed by atoms with Crippen LogP contribution in [-0.4, -0.2) is 28.8 Å². The zero-order chi connectivity index (χ0) is 14.0. The second-order valence-electron chi connectivity index (χ2n) is 4.78. The van der Waals surface area contributed by atoms with Crippen molar-refractivity contribution in [2.75, 3.05) is 18.8 Å². The highest BCUT2D eigenvalue weighted by Gasteiger charge is 2.28. The molecule has 0 unspecified atom stereocenters. The van der Waals surface area contributed by atoms with Crippen LogP contribution in [-0.2, 0) is 0 Å². The van der Waals surface area contributed by atoms with E-state index in [1.807, 2.05) is 6.92 Å². The zero-order valence-electron chi connectivity index (χ0n) is 10.8. The highest BCUT2D eigenvalue weighted by atomic mass is 16.6. The lowest BCUT2D eigenvalue weighted by Gasteiger charge is -2.21. The Morgan fingerprint density at radius 1 is 1.53 bits per heavy atom. The predicted octanol–water partition coefficient (Wildman–Crippen LogP) is 2.05. The van der Waals surface area contributed by atoms with Gasteiger partial charge in [-0.2, -0.15) is 0 Å². The molecule has 0 aliphatic heterocycles. The van der Waals surface area contributed by atoms with Gasteiger partial charge in [0.1, 0.15) is 5.69 Å². The average Bonchev–Trinajstić information content (AvgIpc) is 3.19. The lowest BCUT2D eigenvalue weighted by atomic mass is 10.1. The van der Waals surface area contributed by atoms with Gasteiger partial charge < -0.3 is 10.6 Å². The minimum Gasteiger partial charge on any atom is -0.393 e. The molecule has 6 heteroatoms. The van der Waals surface area contributed by atoms with Gasteiger partial charge in [-0.1, -0.05) is 6.07 Å². The third kappa shape index (κ3) is 2.83. The van der Waals surface area contributed by atoms with Crippen molar-refractivity contribution in [1.82, 2.24) is 4.90 Å². The van der Waals surface area contributed by atoms with Gasteiger partial charge in [-0.3, -0.25) is 14.9 Å². The maximum Gasteiger partial charge on any atom is 0.292 e. The van der Waals surface area contributed by atoms with Gasteiger partial charge in [0.15, 0.2) is 0 Å². The number of carbonyl (C=O) groups excluding carboxylic acids is 1. The number of nitrogens with two attached hydrogens (primary N) is 1. The van der Waals surface area contributed by atoms with Gasteiger partial charge in [-0.05, 0) is 31.7 Å². The first kappa shape index (κ1) is 13.3. The fourth-order valence-corrected chi connectivity index (χ4v) is 2.04. The summed E-state index contributed by atoms with van der Waals surface area (Å²) in [6, 6.07) is 4.34. The second-order valence-corrected chi connectivity index (χ2v) is 4.78. The lowest BCUT2D eigenvalue weighted by molar-refractivity contribution is -0.383. The molecule has 1 aromatic rings. The Hall–Kier alpha value is -2.11. The van der Waals surface area contributed by atoms with Crippen LogP contribution >= 0.6 is 0 Å². The van der Waals surface area contributed by atoms with Crippen LogP contribution in [0.2, 0.25) is 0 Å². The van der Waals surface area contributed by atoms with Crippen molar-refractivity contribution in [3.05, 3.63) is 33.9 Å². The molecule has 6 nitrogen and oxygen atoms in total. The summed E-state index contributed by atoms with van der Waals surface area (Å²) in [5, 5.41) is 10.8. The standard InChI is InChI=1S/C13H17N3O3/c1-2-15(8-9-6-7-9)13(17)10-4-3-5-11(12(10)14)16(18)19/h3-5,9H,2,6-8,14H2,1H3. The summed E-state index contributed by atoms with van der Waals surface area (Å²) in [5.41, 5.74) is 5.69. The minimum absolute atomic E-state index is 0.0493. The Balaban J connectivity index is 2.26. The molecule has 0 spiro atoms. The van der Waals surface area contributed by atoms with Gasteiger partial charge in [0.2, 0.25) is 0 Å². The normalized spacial score (nSPS) is 14.2. The summed E-state index contributed by atoms with van der Waals surface area (Å²) in [5.74, 6) is 0.347. The number of hydrogen-bond donors (Lipinski definition) is 1. The molecule has 2 rings (SSSR count). The van der Waals surface area contributed by atoms with Gasteiger partial charge in [0.05, 0.1) is 10.5 Å². The molecule has 0 radical (unpaired) electrons. The monoisotopic (exact) mass is 263 g/mol. The maximum absolute atomic E-state index is 12.4. The highest BCUT2D eigenvalue weighted by molar-refractivity contribution is 6.01. The molecule has 1 aliphatic rings. The molecule has 1 amide bonds. The topological polar surface area (TPSA) is 89.5 Å². The van der Waals surface area contributed by atoms with Crippen molar-refractivity contribution in [3.63, 3.8) is 0 Å². The maximum atomic E-state index is 12.4. The number of para-hydroxylation sites is 1. The molecule has 2 N–H and O–H groups in total. The van der Waals surface area contributed by atoms with Gasteiger partial charge in [0, 0.05) is 19.2 Å². The van der Waals surface area contributed by atoms with Crippen LogP contribution in [0.1, 0.15) is 30.1 Å². The van der Waals surface area contributed by atoms with Crippen LogP contribution in [0.25, 0.3) is 0 Å². The van der Waals surface area contributed by atoms with Crippen LogP contribution in [0.4, 0.5) is 11.4 Å². The number of nitro groups is 1. The number of rotatable bonds is 5. The van der Waals surface area contributed by atoms with Gasteiger partial charge in [-0.25, -0.2) is 0 Å². The molecule has 0 aromatic heterocycles. The van der Waals surface area contributed by atoms with E-state index in [2.05, 4.69) is 0 Å². The number of nitro benzene ring substituents is 1. The molecule has 1 aromatic carbocycles. The first-order valence-corrected chi connectivity index (χ1v) is 6.36. The predicted molar refractivity (Wildman–Crippen MR) is 71.8 cm³/mol. The molecule has 102 valence electrons. The molecule has 1 saturated carbocycles. The van der Waals surface area contributed by atoms with Crippen molar-refractivity contribution in [1.29, 1.82) is 0 Å². The van der Waals surface area contributed by atoms with E-state index in [-0.39, 0.29) is 22.8 Å². The Morgan fingerprint density at radius 2 is 2.21 bits per heavy atom. The highest BCUT2D eigenvalue weighted by Crippen LogP contribution is 2.31. The molecule has 0 saturated heterocycles. The van der Waals surface area contributed by atoms with E-state index in [1.165, 1.54) is 12.1 Å². The van der Waals surface area contributed by atoms with E-state index in [1.54, 1.807) is 11.0 Å². The Kier molecular flexibility index (Phi) is 3.69. The molecule has 1 fully saturated rings. The van der Waals surface area contributed by atoms with Crippen LogP contribution in [0, 0.1) is 16.0 Å². The Labute approximate surface area is 111 Å². The molecule has 1 aliphatic carbocycles. The number of benzene rings is 1. The van der Waals surface area contributed by atoms with Crippen molar-refractivity contribution >= 4 is 17.3 Å². The molecular formula is C13H17N3O3. The van der Waals surface area contributed by atoms with Gasteiger partial charge in [0.25, 0.3) is 11.6 Å². The second kappa shape index (κ2) is 5.26. The molecule has 0 heterocycles. The van der Waals surface area contributed by atoms with E-state index in [0.29, 0.717) is 19.0 Å². The van der Waals surface area contributed by atoms with Gasteiger partial charge >= 0.3 is 0 Å². The number of carbonyl (C=O) groups is 1. The molecule has 19 heavy (non-hydrogen) atoms. The zero-order valence-corrected chi connectivity index (χ0v) is 10.8. The number of nitrogens with zero attached hydrogens (tertiary/aromatic N) is 2. The van der Waals surface area contributed by atoms with E-state index in [9.17, 15) is 14.9 Å². The number of anilines is 1. The fraction of sp³-hybridized carbons (Fsp3) is 0.462. The Bertz CT molecular complexity index is 512. The first-order chi connectivity index (χ1) is 9.04. The van der Waals surface area contributed by atoms with Gasteiger partial charge in [-0.15, -0.1) is 0 Å². The van der Waals surface area contributed by atoms with E-state index in [4.69, 9.17) is 5.73 Å². The molecular weight excluding hydrogens is 246 g/mol. The lowest BCUT2D eigenvalue weighted by Crippen LogP contribution is -2.33. The van der Waals surface area contributed by atoms with Crippen LogP contribution in [0.3, 0.4) is 0 Å². The first-order valence-electron chi connectivity index (χ1n) is 6.36. The van der Waals surface area contributed by atoms with Crippen molar-refractivity contribution < 1.29 is 9.72 Å². The third-order valence-electron chi connectivity index (χ3n) is 3.35. The summed E-state index contributed by atoms with van der Waals surface area (Å²) < 4.78 is 0. The quantitative estimate of drug-likeness (QED) is 0.500. The Morgan fingerprint density at radius 3 is 2.74 bits per heavy atom. The fourth-order valence-electron chi connectivity index (χ4n) is 2.04. The number of amides is 1. The van der Waals surface area contributed by atoms with Crippen LogP contribution in [0.5, 0.6) is 0 Å². The summed E-state index contributed by atoms with van der Waals surface area (Å²) in [7, 11) is 0. The van der Waals surface area contributed by atoms with E-state index >= 15 is 0 Å². The molecule has 0 bridgehead atoms. The largest absolute Gasteiger partial charge is 0.393 e. The van der Waals surface area contributed by atoms with Crippen molar-refractivity contribution in [2.24, 2.45) is 5.92 Å². The summed E-state index contributed by atoms with van der Waals surface area (Å²) in [6.45, 7) is 3.18. The van der Waals surface area contributed by atoms with E-state index in [0.717, 1.165) is 12.8 Å². The smallest absolute Gasteiger partial charge is 0.292 e. The summed E-state index contributed by atoms with van der Waals surface area (Å²) in [6.07, 6.45) is 2.29. The summed E-state index contributed by atoms with van der Waals surface area (Å²) in [4.78, 5) is 24.3. The summed E-state index contributed by atoms with van der Waals surface area (Å²) >= 11 is 0. The minimum atomic E-state index is -0.566. The SMILES string of the molecule is CCN(CC1CC1)C(=O)c1cccc([N+](=O)[O-])c1N. The van der Waals surface area contributed by atoms with Crippen LogP contribution < -0.4 is 5.73 Å². The average molecular weight is 263 g/mol.